The van der Waals surface area contributed by atoms with Gasteiger partial charge in [-0.05, 0) is 69.0 Å². The van der Waals surface area contributed by atoms with E-state index in [1.807, 2.05) is 0 Å². The number of rotatable bonds is 6. The maximum absolute atomic E-state index is 12.5. The predicted octanol–water partition coefficient (Wildman–Crippen LogP) is 3.91. The molecule has 0 radical (unpaired) electrons. The molecule has 1 amide bonds. The third-order valence-corrected chi connectivity index (χ3v) is 9.38. The fourth-order valence-electron chi connectivity index (χ4n) is 7.24. The summed E-state index contributed by atoms with van der Waals surface area (Å²) in [5.74, 6) is 0.772. The first-order chi connectivity index (χ1) is 19.4. The van der Waals surface area contributed by atoms with E-state index in [4.69, 9.17) is 14.7 Å². The number of benzene rings is 1. The van der Waals surface area contributed by atoms with Crippen molar-refractivity contribution >= 4 is 17.3 Å². The summed E-state index contributed by atoms with van der Waals surface area (Å²) >= 11 is 0. The molecule has 1 spiro atoms. The van der Waals surface area contributed by atoms with Gasteiger partial charge in [-0.1, -0.05) is 36.9 Å². The molecule has 208 valence electrons. The Bertz CT molecular complexity index is 1400. The van der Waals surface area contributed by atoms with Crippen LogP contribution in [0.3, 0.4) is 0 Å². The van der Waals surface area contributed by atoms with E-state index >= 15 is 0 Å². The zero-order chi connectivity index (χ0) is 27.9. The molecule has 4 aliphatic rings. The van der Waals surface area contributed by atoms with Crippen molar-refractivity contribution < 1.29 is 9.53 Å². The molecule has 2 aliphatic heterocycles. The minimum atomic E-state index is -0.214. The van der Waals surface area contributed by atoms with E-state index < -0.39 is 0 Å². The number of carbonyl (C=O) groups excluding carboxylic acids is 1. The Balaban J connectivity index is 1.35. The summed E-state index contributed by atoms with van der Waals surface area (Å²) in [6.07, 6.45) is 9.02. The topological polar surface area (TPSA) is 85.6 Å². The van der Waals surface area contributed by atoms with Gasteiger partial charge in [0, 0.05) is 43.1 Å². The standard InChI is InChI=1S/C32H38N6O2/c1-4-29(39)38-17-16-37(20-23(38)12-14-33)30-26-11-13-32(18-22(2)25-9-5-6-10-27(25)32)19-28(26)34-31(35-30)40-21-24-8-7-15-36(24)3/h4-6,9-10,18,23-24H,1,7-8,11-13,15-17,19-21H2,2-3H3/t23-,24-,32+/m0/s1. The highest BCUT2D eigenvalue weighted by molar-refractivity contribution is 5.87. The molecule has 2 fully saturated rings. The van der Waals surface area contributed by atoms with Crippen molar-refractivity contribution in [3.05, 3.63) is 65.4 Å². The van der Waals surface area contributed by atoms with Crippen LogP contribution in [0.4, 0.5) is 5.82 Å². The normalized spacial score (nSPS) is 25.8. The number of likely N-dealkylation sites (N-methyl/N-ethyl adjacent to an activating group) is 1. The first-order valence-electron chi connectivity index (χ1n) is 14.5. The lowest BCUT2D eigenvalue weighted by molar-refractivity contribution is -0.128. The smallest absolute Gasteiger partial charge is 0.318 e. The lowest BCUT2D eigenvalue weighted by Gasteiger charge is -2.42. The fourth-order valence-corrected chi connectivity index (χ4v) is 7.24. The second-order valence-corrected chi connectivity index (χ2v) is 11.7. The van der Waals surface area contributed by atoms with Crippen molar-refractivity contribution in [2.45, 2.75) is 62.9 Å². The van der Waals surface area contributed by atoms with Crippen LogP contribution in [-0.4, -0.2) is 77.6 Å². The molecule has 8 nitrogen and oxygen atoms in total. The first-order valence-corrected chi connectivity index (χ1v) is 14.5. The number of ether oxygens (including phenoxy) is 1. The Morgan fingerprint density at radius 2 is 2.10 bits per heavy atom. The number of hydrogen-bond acceptors (Lipinski definition) is 7. The summed E-state index contributed by atoms with van der Waals surface area (Å²) < 4.78 is 6.31. The van der Waals surface area contributed by atoms with Crippen LogP contribution in [0.15, 0.2) is 43.0 Å². The van der Waals surface area contributed by atoms with E-state index in [0.717, 1.165) is 43.7 Å². The summed E-state index contributed by atoms with van der Waals surface area (Å²) in [6, 6.07) is 11.6. The van der Waals surface area contributed by atoms with Crippen LogP contribution in [0.25, 0.3) is 5.57 Å². The highest BCUT2D eigenvalue weighted by atomic mass is 16.5. The molecular weight excluding hydrogens is 500 g/mol. The second kappa shape index (κ2) is 10.7. The van der Waals surface area contributed by atoms with Crippen LogP contribution in [0.2, 0.25) is 0 Å². The van der Waals surface area contributed by atoms with Crippen LogP contribution in [-0.2, 0) is 23.1 Å². The number of allylic oxidation sites excluding steroid dienone is 2. The maximum Gasteiger partial charge on any atom is 0.318 e. The van der Waals surface area contributed by atoms with Gasteiger partial charge in [0.15, 0.2) is 0 Å². The van der Waals surface area contributed by atoms with E-state index in [-0.39, 0.29) is 23.8 Å². The van der Waals surface area contributed by atoms with Gasteiger partial charge in [-0.2, -0.15) is 15.2 Å². The zero-order valence-corrected chi connectivity index (χ0v) is 23.6. The first kappa shape index (κ1) is 26.5. The largest absolute Gasteiger partial charge is 0.462 e. The van der Waals surface area contributed by atoms with Crippen molar-refractivity contribution in [3.8, 4) is 12.1 Å². The monoisotopic (exact) mass is 538 g/mol. The number of piperazine rings is 1. The number of aromatic nitrogens is 2. The van der Waals surface area contributed by atoms with E-state index in [1.54, 1.807) is 4.90 Å². The molecule has 0 unspecified atom stereocenters. The number of hydrogen-bond donors (Lipinski definition) is 0. The number of fused-ring (bicyclic) bond motifs is 3. The Hall–Kier alpha value is -3.70. The molecule has 0 N–H and O–H groups in total. The van der Waals surface area contributed by atoms with Crippen LogP contribution in [0.5, 0.6) is 6.01 Å². The van der Waals surface area contributed by atoms with Gasteiger partial charge >= 0.3 is 6.01 Å². The molecule has 40 heavy (non-hydrogen) atoms. The molecule has 1 aromatic carbocycles. The van der Waals surface area contributed by atoms with Crippen molar-refractivity contribution in [2.24, 2.45) is 0 Å². The van der Waals surface area contributed by atoms with Gasteiger partial charge in [-0.3, -0.25) is 4.79 Å². The minimum Gasteiger partial charge on any atom is -0.462 e. The van der Waals surface area contributed by atoms with Gasteiger partial charge in [0.1, 0.15) is 12.4 Å². The summed E-state index contributed by atoms with van der Waals surface area (Å²) in [5, 5.41) is 9.51. The van der Waals surface area contributed by atoms with Gasteiger partial charge in [0.25, 0.3) is 0 Å². The Kier molecular flexibility index (Phi) is 7.09. The van der Waals surface area contributed by atoms with Gasteiger partial charge in [-0.25, -0.2) is 0 Å². The van der Waals surface area contributed by atoms with Crippen molar-refractivity contribution in [3.63, 3.8) is 0 Å². The molecule has 2 aromatic rings. The molecular formula is C32H38N6O2. The molecule has 0 saturated carbocycles. The Morgan fingerprint density at radius 3 is 2.88 bits per heavy atom. The van der Waals surface area contributed by atoms with E-state index in [9.17, 15) is 10.1 Å². The lowest BCUT2D eigenvalue weighted by atomic mass is 9.70. The molecule has 2 saturated heterocycles. The minimum absolute atomic E-state index is 0.0688. The lowest BCUT2D eigenvalue weighted by Crippen LogP contribution is -2.55. The van der Waals surface area contributed by atoms with E-state index in [0.29, 0.717) is 38.3 Å². The molecule has 3 heterocycles. The number of nitrogens with zero attached hydrogens (tertiary/aromatic N) is 6. The molecule has 8 heteroatoms. The van der Waals surface area contributed by atoms with Crippen LogP contribution in [0, 0.1) is 11.3 Å². The third-order valence-electron chi connectivity index (χ3n) is 9.38. The molecule has 2 aliphatic carbocycles. The van der Waals surface area contributed by atoms with Crippen molar-refractivity contribution in [2.75, 3.05) is 44.7 Å². The molecule has 0 bridgehead atoms. The highest BCUT2D eigenvalue weighted by Crippen LogP contribution is 2.49. The average molecular weight is 539 g/mol. The number of nitriles is 1. The SMILES string of the molecule is C=CC(=O)N1CCN(c2nc(OC[C@@H]3CCCN3C)nc3c2CC[C@@]2(C=C(C)c4ccccc42)C3)C[C@@H]1CC#N. The number of likely N-dealkylation sites (tertiary alicyclic amines) is 1. The third kappa shape index (κ3) is 4.66. The quantitative estimate of drug-likeness (QED) is 0.516. The van der Waals surface area contributed by atoms with E-state index in [1.165, 1.54) is 34.8 Å². The summed E-state index contributed by atoms with van der Waals surface area (Å²) in [6.45, 7) is 9.24. The Labute approximate surface area is 237 Å². The summed E-state index contributed by atoms with van der Waals surface area (Å²) in [7, 11) is 2.15. The van der Waals surface area contributed by atoms with Crippen LogP contribution >= 0.6 is 0 Å². The number of amides is 1. The summed E-state index contributed by atoms with van der Waals surface area (Å²) in [4.78, 5) is 28.9. The number of anilines is 1. The van der Waals surface area contributed by atoms with E-state index in [2.05, 4.69) is 66.8 Å². The van der Waals surface area contributed by atoms with Gasteiger partial charge in [0.05, 0.1) is 24.2 Å². The maximum atomic E-state index is 12.5. The van der Waals surface area contributed by atoms with Gasteiger partial charge < -0.3 is 19.4 Å². The molecule has 3 atom stereocenters. The van der Waals surface area contributed by atoms with Crippen molar-refractivity contribution in [1.82, 2.24) is 19.8 Å². The molecule has 1 aromatic heterocycles. The number of carbonyl (C=O) groups is 1. The molecule has 6 rings (SSSR count). The fraction of sp³-hybridized carbons (Fsp3) is 0.500. The summed E-state index contributed by atoms with van der Waals surface area (Å²) in [5.41, 5.74) is 6.21. The highest BCUT2D eigenvalue weighted by Gasteiger charge is 2.42. The van der Waals surface area contributed by atoms with Gasteiger partial charge in [0.2, 0.25) is 5.91 Å². The van der Waals surface area contributed by atoms with Gasteiger partial charge in [-0.15, -0.1) is 0 Å². The van der Waals surface area contributed by atoms with Crippen molar-refractivity contribution in [1.29, 1.82) is 5.26 Å². The average Bonchev–Trinajstić information content (AvgIpc) is 3.50. The zero-order valence-electron chi connectivity index (χ0n) is 23.6. The predicted molar refractivity (Wildman–Crippen MR) is 155 cm³/mol. The van der Waals surface area contributed by atoms with Crippen LogP contribution < -0.4 is 9.64 Å². The second-order valence-electron chi connectivity index (χ2n) is 11.7. The van der Waals surface area contributed by atoms with Crippen LogP contribution in [0.1, 0.15) is 55.0 Å². The Morgan fingerprint density at radius 1 is 1.25 bits per heavy atom.